The fourth-order valence-electron chi connectivity index (χ4n) is 3.26. The molecule has 0 aliphatic carbocycles. The van der Waals surface area contributed by atoms with E-state index in [9.17, 15) is 0 Å². The molecule has 0 bridgehead atoms. The number of morpholine rings is 1. The zero-order valence-corrected chi connectivity index (χ0v) is 12.4. The van der Waals surface area contributed by atoms with E-state index in [2.05, 4.69) is 61.2 Å². The number of hydrogen-bond acceptors (Lipinski definition) is 2. The summed E-state index contributed by atoms with van der Waals surface area (Å²) in [7, 11) is 0. The first-order valence-electron chi connectivity index (χ1n) is 7.57. The van der Waals surface area contributed by atoms with Gasteiger partial charge in [0.05, 0.1) is 12.2 Å². The summed E-state index contributed by atoms with van der Waals surface area (Å²) in [5.41, 5.74) is 1.45. The second-order valence-corrected chi connectivity index (χ2v) is 5.91. The monoisotopic (exact) mass is 269 g/mol. The maximum absolute atomic E-state index is 5.80. The molecule has 20 heavy (non-hydrogen) atoms. The van der Waals surface area contributed by atoms with Crippen molar-refractivity contribution in [3.63, 3.8) is 0 Å². The molecular weight excluding hydrogens is 246 g/mol. The fourth-order valence-corrected chi connectivity index (χ4v) is 3.26. The van der Waals surface area contributed by atoms with Gasteiger partial charge in [-0.1, -0.05) is 42.5 Å². The number of hydrogen-bond donors (Lipinski definition) is 0. The van der Waals surface area contributed by atoms with Gasteiger partial charge in [-0.15, -0.1) is 0 Å². The van der Waals surface area contributed by atoms with Crippen LogP contribution in [0, 0.1) is 0 Å². The predicted molar refractivity (Wildman–Crippen MR) is 84.1 cm³/mol. The van der Waals surface area contributed by atoms with Crippen LogP contribution < -0.4 is 0 Å². The van der Waals surface area contributed by atoms with Crippen molar-refractivity contribution in [3.05, 3.63) is 48.0 Å². The first kappa shape index (κ1) is 13.6. The summed E-state index contributed by atoms with van der Waals surface area (Å²) in [5, 5.41) is 2.73. The molecule has 2 nitrogen and oxygen atoms in total. The Morgan fingerprint density at radius 3 is 2.50 bits per heavy atom. The van der Waals surface area contributed by atoms with E-state index in [0.717, 1.165) is 26.1 Å². The topological polar surface area (TPSA) is 12.5 Å². The van der Waals surface area contributed by atoms with Crippen molar-refractivity contribution in [2.75, 3.05) is 19.6 Å². The van der Waals surface area contributed by atoms with E-state index >= 15 is 0 Å². The van der Waals surface area contributed by atoms with Crippen molar-refractivity contribution in [1.29, 1.82) is 0 Å². The van der Waals surface area contributed by atoms with Crippen LogP contribution in [-0.4, -0.2) is 36.7 Å². The first-order chi connectivity index (χ1) is 9.72. The van der Waals surface area contributed by atoms with E-state index in [0.29, 0.717) is 12.2 Å². The second-order valence-electron chi connectivity index (χ2n) is 5.91. The number of fused-ring (bicyclic) bond motifs is 1. The van der Waals surface area contributed by atoms with Gasteiger partial charge in [0.25, 0.3) is 0 Å². The average molecular weight is 269 g/mol. The lowest BCUT2D eigenvalue weighted by atomic mass is 10.0. The van der Waals surface area contributed by atoms with Crippen molar-refractivity contribution < 1.29 is 4.74 Å². The quantitative estimate of drug-likeness (QED) is 0.845. The van der Waals surface area contributed by atoms with Gasteiger partial charge in [-0.3, -0.25) is 4.90 Å². The third-order valence-electron chi connectivity index (χ3n) is 4.07. The zero-order chi connectivity index (χ0) is 13.9. The van der Waals surface area contributed by atoms with Gasteiger partial charge in [-0.25, -0.2) is 0 Å². The molecule has 2 unspecified atom stereocenters. The minimum absolute atomic E-state index is 0.353. The molecule has 1 heterocycles. The fraction of sp³-hybridized carbons (Fsp3) is 0.444. The number of rotatable bonds is 3. The molecule has 1 aliphatic rings. The number of nitrogens with zero attached hydrogens (tertiary/aromatic N) is 1. The molecule has 1 saturated heterocycles. The maximum atomic E-state index is 5.80. The molecule has 2 aromatic carbocycles. The summed E-state index contributed by atoms with van der Waals surface area (Å²) in [5.74, 6) is 0. The van der Waals surface area contributed by atoms with E-state index in [1.807, 2.05) is 0 Å². The van der Waals surface area contributed by atoms with Crippen molar-refractivity contribution in [1.82, 2.24) is 4.90 Å². The number of benzene rings is 2. The Balaban J connectivity index is 1.71. The Morgan fingerprint density at radius 1 is 1.00 bits per heavy atom. The van der Waals surface area contributed by atoms with Crippen LogP contribution in [0.5, 0.6) is 0 Å². The largest absolute Gasteiger partial charge is 0.373 e. The Kier molecular flexibility index (Phi) is 4.04. The van der Waals surface area contributed by atoms with E-state index in [4.69, 9.17) is 4.74 Å². The average Bonchev–Trinajstić information content (AvgIpc) is 2.44. The summed E-state index contributed by atoms with van der Waals surface area (Å²) in [6, 6.07) is 15.3. The summed E-state index contributed by atoms with van der Waals surface area (Å²) < 4.78 is 5.80. The molecule has 2 atom stereocenters. The molecule has 106 valence electrons. The second kappa shape index (κ2) is 5.94. The predicted octanol–water partition coefficient (Wildman–Crippen LogP) is 3.49. The molecule has 0 radical (unpaired) electrons. The third-order valence-corrected chi connectivity index (χ3v) is 4.07. The first-order valence-corrected chi connectivity index (χ1v) is 7.57. The minimum atomic E-state index is 0.353. The molecule has 0 aromatic heterocycles. The van der Waals surface area contributed by atoms with Crippen LogP contribution in [0.1, 0.15) is 19.4 Å². The lowest BCUT2D eigenvalue weighted by Gasteiger charge is -2.35. The molecule has 2 heteroatoms. The van der Waals surface area contributed by atoms with Gasteiger partial charge in [0.2, 0.25) is 0 Å². The molecule has 0 spiro atoms. The van der Waals surface area contributed by atoms with Gasteiger partial charge in [-0.05, 0) is 36.6 Å². The summed E-state index contributed by atoms with van der Waals surface area (Å²) in [4.78, 5) is 2.53. The molecule has 1 fully saturated rings. The summed E-state index contributed by atoms with van der Waals surface area (Å²) >= 11 is 0. The summed E-state index contributed by atoms with van der Waals surface area (Å²) in [6.45, 7) is 7.55. The van der Waals surface area contributed by atoms with Crippen LogP contribution >= 0.6 is 0 Å². The molecular formula is C18H23NO. The Bertz CT molecular complexity index is 565. The Hall–Kier alpha value is -1.38. The standard InChI is InChI=1S/C18H23NO/c1-14-12-19(13-15(2)20-14)11-10-17-8-5-7-16-6-3-4-9-18(16)17/h3-9,14-15H,10-13H2,1-2H3. The lowest BCUT2D eigenvalue weighted by molar-refractivity contribution is -0.0675. The minimum Gasteiger partial charge on any atom is -0.373 e. The van der Waals surface area contributed by atoms with Crippen molar-refractivity contribution >= 4 is 10.8 Å². The van der Waals surface area contributed by atoms with Gasteiger partial charge < -0.3 is 4.74 Å². The van der Waals surface area contributed by atoms with Crippen LogP contribution in [0.3, 0.4) is 0 Å². The van der Waals surface area contributed by atoms with Crippen LogP contribution in [0.25, 0.3) is 10.8 Å². The van der Waals surface area contributed by atoms with Gasteiger partial charge in [0, 0.05) is 19.6 Å². The van der Waals surface area contributed by atoms with Crippen LogP contribution in [0.2, 0.25) is 0 Å². The van der Waals surface area contributed by atoms with Crippen LogP contribution in [0.4, 0.5) is 0 Å². The molecule has 3 rings (SSSR count). The highest BCUT2D eigenvalue weighted by Crippen LogP contribution is 2.20. The Labute approximate surface area is 121 Å². The number of ether oxygens (including phenoxy) is 1. The van der Waals surface area contributed by atoms with Crippen LogP contribution in [0.15, 0.2) is 42.5 Å². The lowest BCUT2D eigenvalue weighted by Crippen LogP contribution is -2.46. The van der Waals surface area contributed by atoms with Crippen molar-refractivity contribution in [3.8, 4) is 0 Å². The van der Waals surface area contributed by atoms with E-state index < -0.39 is 0 Å². The molecule has 0 amide bonds. The van der Waals surface area contributed by atoms with Gasteiger partial charge in [0.15, 0.2) is 0 Å². The molecule has 0 saturated carbocycles. The van der Waals surface area contributed by atoms with Crippen molar-refractivity contribution in [2.24, 2.45) is 0 Å². The maximum Gasteiger partial charge on any atom is 0.0678 e. The molecule has 1 aliphatic heterocycles. The van der Waals surface area contributed by atoms with Gasteiger partial charge >= 0.3 is 0 Å². The normalized spacial score (nSPS) is 24.1. The van der Waals surface area contributed by atoms with E-state index in [1.54, 1.807) is 0 Å². The van der Waals surface area contributed by atoms with Crippen molar-refractivity contribution in [2.45, 2.75) is 32.5 Å². The molecule has 2 aromatic rings. The zero-order valence-electron chi connectivity index (χ0n) is 12.4. The highest BCUT2D eigenvalue weighted by molar-refractivity contribution is 5.85. The van der Waals surface area contributed by atoms with Gasteiger partial charge in [-0.2, -0.15) is 0 Å². The van der Waals surface area contributed by atoms with Gasteiger partial charge in [0.1, 0.15) is 0 Å². The molecule has 0 N–H and O–H groups in total. The highest BCUT2D eigenvalue weighted by Gasteiger charge is 2.21. The SMILES string of the molecule is CC1CN(CCc2cccc3ccccc23)CC(C)O1. The van der Waals surface area contributed by atoms with E-state index in [1.165, 1.54) is 16.3 Å². The Morgan fingerprint density at radius 2 is 1.70 bits per heavy atom. The smallest absolute Gasteiger partial charge is 0.0678 e. The van der Waals surface area contributed by atoms with Crippen LogP contribution in [-0.2, 0) is 11.2 Å². The summed E-state index contributed by atoms with van der Waals surface area (Å²) in [6.07, 6.45) is 1.82. The highest BCUT2D eigenvalue weighted by atomic mass is 16.5. The van der Waals surface area contributed by atoms with E-state index in [-0.39, 0.29) is 0 Å². The third kappa shape index (κ3) is 3.02.